The monoisotopic (exact) mass is 348 g/mol. The van der Waals surface area contributed by atoms with Gasteiger partial charge in [0.1, 0.15) is 0 Å². The molecule has 3 aliphatic carbocycles. The van der Waals surface area contributed by atoms with Gasteiger partial charge < -0.3 is 5.11 Å². The van der Waals surface area contributed by atoms with E-state index in [1.807, 2.05) is 11.8 Å². The maximum absolute atomic E-state index is 9.57. The molecule has 0 saturated carbocycles. The number of allylic oxidation sites excluding steroid dienone is 3. The zero-order valence-corrected chi connectivity index (χ0v) is 14.7. The van der Waals surface area contributed by atoms with E-state index in [1.54, 1.807) is 11.8 Å². The van der Waals surface area contributed by atoms with E-state index in [0.29, 0.717) is 0 Å². The van der Waals surface area contributed by atoms with Gasteiger partial charge in [0.05, 0.1) is 6.61 Å². The van der Waals surface area contributed by atoms with Crippen molar-refractivity contribution in [2.75, 3.05) is 12.4 Å². The minimum atomic E-state index is 0.140. The van der Waals surface area contributed by atoms with Crippen LogP contribution < -0.4 is 10.4 Å². The van der Waals surface area contributed by atoms with Gasteiger partial charge in [-0.2, -0.15) is 0 Å². The summed E-state index contributed by atoms with van der Waals surface area (Å²) in [5.74, 6) is 1.25. The summed E-state index contributed by atoms with van der Waals surface area (Å²) in [6.45, 7) is 0.140. The Labute approximate surface area is 149 Å². The van der Waals surface area contributed by atoms with Crippen molar-refractivity contribution in [3.63, 3.8) is 0 Å². The summed E-state index contributed by atoms with van der Waals surface area (Å²) < 4.78 is 0. The largest absolute Gasteiger partial charge is 0.391 e. The summed E-state index contributed by atoms with van der Waals surface area (Å²) in [5, 5.41) is 14.4. The van der Waals surface area contributed by atoms with Crippen LogP contribution in [0.15, 0.2) is 63.3 Å². The zero-order chi connectivity index (χ0) is 16.1. The van der Waals surface area contributed by atoms with Gasteiger partial charge in [-0.15, -0.1) is 11.8 Å². The Morgan fingerprint density at radius 2 is 2.04 bits per heavy atom. The fourth-order valence-electron chi connectivity index (χ4n) is 3.76. The lowest BCUT2D eigenvalue weighted by atomic mass is 9.86. The Morgan fingerprint density at radius 3 is 2.96 bits per heavy atom. The summed E-state index contributed by atoms with van der Waals surface area (Å²) >= 11 is 3.56. The predicted octanol–water partition coefficient (Wildman–Crippen LogP) is 3.62. The smallest absolute Gasteiger partial charge is 0.0737 e. The molecule has 1 nitrogen and oxygen atoms in total. The highest BCUT2D eigenvalue weighted by molar-refractivity contribution is 8.03. The van der Waals surface area contributed by atoms with Gasteiger partial charge in [0.2, 0.25) is 0 Å². The van der Waals surface area contributed by atoms with Gasteiger partial charge in [0.25, 0.3) is 0 Å². The van der Waals surface area contributed by atoms with Crippen molar-refractivity contribution in [1.82, 2.24) is 0 Å². The molecule has 1 unspecified atom stereocenters. The van der Waals surface area contributed by atoms with Gasteiger partial charge in [0, 0.05) is 21.5 Å². The molecular weight excluding hydrogens is 332 g/mol. The van der Waals surface area contributed by atoms with Crippen LogP contribution in [-0.4, -0.2) is 17.5 Å². The molecule has 0 bridgehead atoms. The lowest BCUT2D eigenvalue weighted by molar-refractivity contribution is 0.339. The second-order valence-corrected chi connectivity index (χ2v) is 8.25. The zero-order valence-electron chi connectivity index (χ0n) is 13.0. The van der Waals surface area contributed by atoms with Gasteiger partial charge in [-0.05, 0) is 44.2 Å². The third-order valence-corrected chi connectivity index (χ3v) is 7.00. The highest BCUT2D eigenvalue weighted by atomic mass is 32.2. The van der Waals surface area contributed by atoms with Gasteiger partial charge in [-0.25, -0.2) is 0 Å². The van der Waals surface area contributed by atoms with Crippen LogP contribution in [0.3, 0.4) is 0 Å². The van der Waals surface area contributed by atoms with Gasteiger partial charge in [0.15, 0.2) is 0 Å². The van der Waals surface area contributed by atoms with Gasteiger partial charge in [-0.3, -0.25) is 0 Å². The molecular formula is C21H16OS2. The summed E-state index contributed by atoms with van der Waals surface area (Å²) in [7, 11) is 0. The Morgan fingerprint density at radius 1 is 1.12 bits per heavy atom. The maximum Gasteiger partial charge on any atom is 0.0737 e. The fraction of sp³-hybridized carbons (Fsp3) is 0.143. The summed E-state index contributed by atoms with van der Waals surface area (Å²) in [4.78, 5) is 2.43. The molecule has 2 heterocycles. The second-order valence-electron chi connectivity index (χ2n) is 6.23. The first-order valence-corrected chi connectivity index (χ1v) is 9.96. The number of hydrogen-bond donors (Lipinski definition) is 1. The van der Waals surface area contributed by atoms with Gasteiger partial charge >= 0.3 is 0 Å². The van der Waals surface area contributed by atoms with E-state index in [1.165, 1.54) is 37.6 Å². The topological polar surface area (TPSA) is 20.2 Å². The van der Waals surface area contributed by atoms with Crippen LogP contribution in [0.5, 0.6) is 0 Å². The lowest BCUT2D eigenvalue weighted by Crippen LogP contribution is -2.21. The SMILES string of the molecule is OCC1=CC2C(=CC=c3c4cccc-4c4c(cc32)=CC=CS4)CS1. The molecule has 24 heavy (non-hydrogen) atoms. The van der Waals surface area contributed by atoms with Crippen molar-refractivity contribution in [2.45, 2.75) is 10.8 Å². The minimum Gasteiger partial charge on any atom is -0.391 e. The normalized spacial score (nSPS) is 21.0. The molecule has 0 radical (unpaired) electrons. The van der Waals surface area contributed by atoms with Crippen LogP contribution in [0.4, 0.5) is 0 Å². The Hall–Kier alpha value is -1.68. The molecule has 0 saturated heterocycles. The van der Waals surface area contributed by atoms with Crippen molar-refractivity contribution in [3.05, 3.63) is 74.4 Å². The number of thioether (sulfide) groups is 2. The van der Waals surface area contributed by atoms with E-state index in [4.69, 9.17) is 0 Å². The molecule has 0 aromatic heterocycles. The van der Waals surface area contributed by atoms with E-state index in [2.05, 4.69) is 60.1 Å². The molecule has 0 amide bonds. The molecule has 0 spiro atoms. The average Bonchev–Trinajstić information content (AvgIpc) is 3.06. The van der Waals surface area contributed by atoms with Crippen molar-refractivity contribution in [1.29, 1.82) is 0 Å². The fourth-order valence-corrected chi connectivity index (χ4v) is 5.57. The van der Waals surface area contributed by atoms with E-state index < -0.39 is 0 Å². The number of aliphatic hydroxyl groups excluding tert-OH is 1. The quantitative estimate of drug-likeness (QED) is 0.850. The second kappa shape index (κ2) is 5.69. The van der Waals surface area contributed by atoms with Crippen LogP contribution >= 0.6 is 23.5 Å². The van der Waals surface area contributed by atoms with Crippen molar-refractivity contribution >= 4 is 35.7 Å². The maximum atomic E-state index is 9.57. The number of hydrogen-bond acceptors (Lipinski definition) is 3. The predicted molar refractivity (Wildman–Crippen MR) is 105 cm³/mol. The van der Waals surface area contributed by atoms with Crippen molar-refractivity contribution in [3.8, 4) is 11.1 Å². The van der Waals surface area contributed by atoms with E-state index in [0.717, 1.165) is 10.7 Å². The molecule has 1 N–H and O–H groups in total. The Balaban J connectivity index is 1.88. The van der Waals surface area contributed by atoms with E-state index >= 15 is 0 Å². The summed E-state index contributed by atoms with van der Waals surface area (Å²) in [6, 6.07) is 8.98. The highest BCUT2D eigenvalue weighted by Gasteiger charge is 2.25. The molecule has 0 fully saturated rings. The molecule has 2 aliphatic heterocycles. The first-order chi connectivity index (χ1) is 11.8. The number of fused-ring (bicyclic) bond motifs is 7. The standard InChI is InChI=1S/C21H16OS2/c22-11-15-10-19-14(12-24-15)6-7-17-16-4-1-5-18(16)21-13(9-20(17)19)3-2-8-23-21/h1-10,19,22H,11-12H2. The molecule has 3 heteroatoms. The molecule has 1 atom stereocenters. The number of aliphatic hydroxyl groups is 1. The molecule has 118 valence electrons. The molecule has 5 rings (SSSR count). The Bertz CT molecular complexity index is 1030. The van der Waals surface area contributed by atoms with Crippen LogP contribution in [0.2, 0.25) is 0 Å². The first kappa shape index (κ1) is 14.6. The third-order valence-electron chi connectivity index (χ3n) is 4.91. The molecule has 0 aromatic rings. The van der Waals surface area contributed by atoms with Crippen LogP contribution in [0, 0.1) is 0 Å². The van der Waals surface area contributed by atoms with Crippen LogP contribution in [-0.2, 0) is 0 Å². The third kappa shape index (κ3) is 2.16. The van der Waals surface area contributed by atoms with Crippen LogP contribution in [0.25, 0.3) is 23.3 Å². The van der Waals surface area contributed by atoms with E-state index in [-0.39, 0.29) is 12.5 Å². The minimum absolute atomic E-state index is 0.140. The molecule has 5 aliphatic rings. The molecule has 0 aromatic carbocycles. The van der Waals surface area contributed by atoms with Crippen molar-refractivity contribution in [2.24, 2.45) is 0 Å². The van der Waals surface area contributed by atoms with Crippen molar-refractivity contribution < 1.29 is 5.11 Å². The highest BCUT2D eigenvalue weighted by Crippen LogP contribution is 2.39. The van der Waals surface area contributed by atoms with Gasteiger partial charge in [-0.1, -0.05) is 60.3 Å². The average molecular weight is 348 g/mol. The lowest BCUT2D eigenvalue weighted by Gasteiger charge is -2.26. The van der Waals surface area contributed by atoms with Crippen LogP contribution in [0.1, 0.15) is 11.5 Å². The first-order valence-electron chi connectivity index (χ1n) is 8.09. The summed E-state index contributed by atoms with van der Waals surface area (Å²) in [5.41, 5.74) is 5.46. The van der Waals surface area contributed by atoms with E-state index in [9.17, 15) is 5.11 Å². The Kier molecular flexibility index (Phi) is 3.47. The summed E-state index contributed by atoms with van der Waals surface area (Å²) in [6.07, 6.45) is 11.2. The number of rotatable bonds is 1.